The molecule has 2 N–H and O–H groups in total. The zero-order chi connectivity index (χ0) is 20.7. The lowest BCUT2D eigenvalue weighted by Crippen LogP contribution is -2.36. The van der Waals surface area contributed by atoms with Gasteiger partial charge in [-0.15, -0.1) is 0 Å². The monoisotopic (exact) mass is 396 g/mol. The molecule has 9 heteroatoms. The third-order valence-corrected chi connectivity index (χ3v) is 3.82. The molecular weight excluding hydrogens is 377 g/mol. The molecule has 0 saturated heterocycles. The Morgan fingerprint density at radius 3 is 2.14 bits per heavy atom. The third kappa shape index (κ3) is 5.63. The summed E-state index contributed by atoms with van der Waals surface area (Å²) in [4.78, 5) is 23.7. The number of amides is 2. The average molecular weight is 396 g/mol. The predicted octanol–water partition coefficient (Wildman–Crippen LogP) is 3.02. The van der Waals surface area contributed by atoms with Gasteiger partial charge in [0.25, 0.3) is 0 Å². The number of ether oxygens (including phenoxy) is 2. The van der Waals surface area contributed by atoms with E-state index in [2.05, 4.69) is 10.6 Å². The van der Waals surface area contributed by atoms with E-state index >= 15 is 0 Å². The van der Waals surface area contributed by atoms with Crippen LogP contribution in [0, 0.1) is 0 Å². The van der Waals surface area contributed by atoms with Gasteiger partial charge in [0.15, 0.2) is 11.5 Å². The summed E-state index contributed by atoms with van der Waals surface area (Å²) in [5.41, 5.74) is 0.110. The molecule has 0 aliphatic carbocycles. The van der Waals surface area contributed by atoms with Gasteiger partial charge in [-0.25, -0.2) is 0 Å². The lowest BCUT2D eigenvalue weighted by molar-refractivity contribution is -0.137. The molecule has 0 unspecified atom stereocenters. The Balaban J connectivity index is 1.85. The van der Waals surface area contributed by atoms with Gasteiger partial charge in [-0.1, -0.05) is 6.07 Å². The van der Waals surface area contributed by atoms with Crippen molar-refractivity contribution in [3.8, 4) is 11.5 Å². The number of methoxy groups -OCH3 is 2. The molecule has 0 aromatic heterocycles. The molecule has 2 amide bonds. The topological polar surface area (TPSA) is 76.7 Å². The largest absolute Gasteiger partial charge is 0.493 e. The number of alkyl halides is 3. The third-order valence-electron chi connectivity index (χ3n) is 3.82. The van der Waals surface area contributed by atoms with Crippen molar-refractivity contribution in [2.45, 2.75) is 12.6 Å². The second-order valence-corrected chi connectivity index (χ2v) is 5.72. The van der Waals surface area contributed by atoms with Crippen LogP contribution < -0.4 is 20.1 Å². The van der Waals surface area contributed by atoms with E-state index in [1.54, 1.807) is 18.2 Å². The van der Waals surface area contributed by atoms with Crippen molar-refractivity contribution in [1.82, 2.24) is 5.32 Å². The van der Waals surface area contributed by atoms with E-state index in [9.17, 15) is 22.8 Å². The van der Waals surface area contributed by atoms with Crippen LogP contribution in [-0.4, -0.2) is 32.6 Å². The summed E-state index contributed by atoms with van der Waals surface area (Å²) in [6.45, 7) is 0.189. The molecule has 0 bridgehead atoms. The maximum atomic E-state index is 12.5. The van der Waals surface area contributed by atoms with Crippen LogP contribution in [0.4, 0.5) is 18.9 Å². The number of hydrogen-bond acceptors (Lipinski definition) is 4. The van der Waals surface area contributed by atoms with E-state index < -0.39 is 23.6 Å². The lowest BCUT2D eigenvalue weighted by Gasteiger charge is -2.10. The SMILES string of the molecule is COc1ccc(CCNC(=O)C(=O)Nc2ccc(C(F)(F)F)cc2)cc1OC. The van der Waals surface area contributed by atoms with Gasteiger partial charge in [-0.05, 0) is 48.4 Å². The second kappa shape index (κ2) is 9.12. The molecule has 6 nitrogen and oxygen atoms in total. The van der Waals surface area contributed by atoms with Gasteiger partial charge >= 0.3 is 18.0 Å². The maximum absolute atomic E-state index is 12.5. The van der Waals surface area contributed by atoms with Gasteiger partial charge in [0.1, 0.15) is 0 Å². The second-order valence-electron chi connectivity index (χ2n) is 5.72. The Morgan fingerprint density at radius 1 is 0.929 bits per heavy atom. The lowest BCUT2D eigenvalue weighted by atomic mass is 10.1. The summed E-state index contributed by atoms with van der Waals surface area (Å²) in [6.07, 6.45) is -4.02. The number of carbonyl (C=O) groups excluding carboxylic acids is 2. The summed E-state index contributed by atoms with van der Waals surface area (Å²) in [5, 5.41) is 4.70. The Bertz CT molecular complexity index is 836. The molecule has 150 valence electrons. The Morgan fingerprint density at radius 2 is 1.57 bits per heavy atom. The molecule has 0 aliphatic heterocycles. The number of anilines is 1. The van der Waals surface area contributed by atoms with Crippen LogP contribution in [0.1, 0.15) is 11.1 Å². The fourth-order valence-corrected chi connectivity index (χ4v) is 2.37. The fraction of sp³-hybridized carbons (Fsp3) is 0.263. The molecule has 0 atom stereocenters. The van der Waals surface area contributed by atoms with Gasteiger partial charge in [-0.3, -0.25) is 9.59 Å². The molecular formula is C19H19F3N2O4. The normalized spacial score (nSPS) is 10.9. The zero-order valence-electron chi connectivity index (χ0n) is 15.2. The molecule has 2 aromatic rings. The van der Waals surface area contributed by atoms with E-state index in [0.717, 1.165) is 29.8 Å². The van der Waals surface area contributed by atoms with Crippen LogP contribution in [0.25, 0.3) is 0 Å². The van der Waals surface area contributed by atoms with Gasteiger partial charge in [-0.2, -0.15) is 13.2 Å². The first kappa shape index (κ1) is 21.1. The van der Waals surface area contributed by atoms with E-state index in [1.165, 1.54) is 14.2 Å². The summed E-state index contributed by atoms with van der Waals surface area (Å²) in [7, 11) is 3.03. The van der Waals surface area contributed by atoms with Crippen molar-refractivity contribution in [2.24, 2.45) is 0 Å². The molecule has 0 saturated carbocycles. The predicted molar refractivity (Wildman–Crippen MR) is 96.3 cm³/mol. The van der Waals surface area contributed by atoms with E-state index in [-0.39, 0.29) is 12.2 Å². The number of halogens is 3. The minimum atomic E-state index is -4.47. The van der Waals surface area contributed by atoms with Crippen molar-refractivity contribution >= 4 is 17.5 Å². The molecule has 2 aromatic carbocycles. The maximum Gasteiger partial charge on any atom is 0.416 e. The first-order chi connectivity index (χ1) is 13.2. The highest BCUT2D eigenvalue weighted by Gasteiger charge is 2.30. The molecule has 2 rings (SSSR count). The van der Waals surface area contributed by atoms with Gasteiger partial charge in [0.2, 0.25) is 0 Å². The van der Waals surface area contributed by atoms with E-state index in [1.807, 2.05) is 0 Å². The van der Waals surface area contributed by atoms with Crippen LogP contribution in [0.2, 0.25) is 0 Å². The fourth-order valence-electron chi connectivity index (χ4n) is 2.37. The van der Waals surface area contributed by atoms with Gasteiger partial charge in [0, 0.05) is 12.2 Å². The number of benzene rings is 2. The van der Waals surface area contributed by atoms with Gasteiger partial charge < -0.3 is 20.1 Å². The van der Waals surface area contributed by atoms with Crippen molar-refractivity contribution in [2.75, 3.05) is 26.1 Å². The van der Waals surface area contributed by atoms with Crippen molar-refractivity contribution in [1.29, 1.82) is 0 Å². The van der Waals surface area contributed by atoms with E-state index in [0.29, 0.717) is 17.9 Å². The minimum absolute atomic E-state index is 0.0908. The van der Waals surface area contributed by atoms with E-state index in [4.69, 9.17) is 9.47 Å². The van der Waals surface area contributed by atoms with Crippen LogP contribution in [0.15, 0.2) is 42.5 Å². The van der Waals surface area contributed by atoms with Crippen LogP contribution >= 0.6 is 0 Å². The number of hydrogen-bond donors (Lipinski definition) is 2. The highest BCUT2D eigenvalue weighted by Crippen LogP contribution is 2.30. The zero-order valence-corrected chi connectivity index (χ0v) is 15.2. The highest BCUT2D eigenvalue weighted by molar-refractivity contribution is 6.39. The highest BCUT2D eigenvalue weighted by atomic mass is 19.4. The molecule has 28 heavy (non-hydrogen) atoms. The summed E-state index contributed by atoms with van der Waals surface area (Å²) >= 11 is 0. The Hall–Kier alpha value is -3.23. The molecule has 0 radical (unpaired) electrons. The van der Waals surface area contributed by atoms with Crippen LogP contribution in [-0.2, 0) is 22.2 Å². The summed E-state index contributed by atoms with van der Waals surface area (Å²) in [5.74, 6) is -0.731. The number of rotatable bonds is 6. The first-order valence-corrected chi connectivity index (χ1v) is 8.22. The average Bonchev–Trinajstić information content (AvgIpc) is 2.67. The molecule has 0 fully saturated rings. The minimum Gasteiger partial charge on any atom is -0.493 e. The van der Waals surface area contributed by atoms with Crippen LogP contribution in [0.3, 0.4) is 0 Å². The Kier molecular flexibility index (Phi) is 6.86. The van der Waals surface area contributed by atoms with Crippen molar-refractivity contribution in [3.05, 3.63) is 53.6 Å². The molecule has 0 spiro atoms. The van der Waals surface area contributed by atoms with Gasteiger partial charge in [0.05, 0.1) is 19.8 Å². The number of carbonyl (C=O) groups is 2. The summed E-state index contributed by atoms with van der Waals surface area (Å²) in [6, 6.07) is 9.10. The standard InChI is InChI=1S/C19H19F3N2O4/c1-27-15-8-3-12(11-16(15)28-2)9-10-23-17(25)18(26)24-14-6-4-13(5-7-14)19(20,21)22/h3-8,11H,9-10H2,1-2H3,(H,23,25)(H,24,26). The first-order valence-electron chi connectivity index (χ1n) is 8.22. The summed E-state index contributed by atoms with van der Waals surface area (Å²) < 4.78 is 47.9. The number of nitrogens with one attached hydrogen (secondary N) is 2. The van der Waals surface area contributed by atoms with Crippen molar-refractivity contribution < 1.29 is 32.2 Å². The van der Waals surface area contributed by atoms with Crippen molar-refractivity contribution in [3.63, 3.8) is 0 Å². The Labute approximate surface area is 159 Å². The van der Waals surface area contributed by atoms with Crippen LogP contribution in [0.5, 0.6) is 11.5 Å². The quantitative estimate of drug-likeness (QED) is 0.736. The molecule has 0 heterocycles. The smallest absolute Gasteiger partial charge is 0.416 e. The molecule has 0 aliphatic rings.